The molecule has 6 nitrogen and oxygen atoms in total. The van der Waals surface area contributed by atoms with Gasteiger partial charge in [-0.15, -0.1) is 0 Å². The topological polar surface area (TPSA) is 84.5 Å². The van der Waals surface area contributed by atoms with Crippen LogP contribution in [0.15, 0.2) is 48.5 Å². The molecule has 0 aromatic heterocycles. The molecule has 0 heterocycles. The van der Waals surface area contributed by atoms with E-state index in [2.05, 4.69) is 15.4 Å². The van der Waals surface area contributed by atoms with Crippen molar-refractivity contribution in [3.63, 3.8) is 0 Å². The molecule has 0 atom stereocenters. The molecule has 0 spiro atoms. The van der Waals surface area contributed by atoms with Crippen molar-refractivity contribution in [3.8, 4) is 0 Å². The SMILES string of the molecule is CCNC(=O)c1cccc(NC(=O)COC(=O)c2ccccc2C(F)(F)F)c1. The van der Waals surface area contributed by atoms with Crippen LogP contribution in [0.3, 0.4) is 0 Å². The third-order valence-electron chi connectivity index (χ3n) is 3.53. The Bertz CT molecular complexity index is 881. The Morgan fingerprint density at radius 2 is 1.75 bits per heavy atom. The number of anilines is 1. The molecule has 2 aromatic rings. The number of benzene rings is 2. The summed E-state index contributed by atoms with van der Waals surface area (Å²) in [5, 5.41) is 5.02. The lowest BCUT2D eigenvalue weighted by molar-refractivity contribution is -0.138. The Kier molecular flexibility index (Phi) is 6.75. The fraction of sp³-hybridized carbons (Fsp3) is 0.211. The van der Waals surface area contributed by atoms with Crippen molar-refractivity contribution >= 4 is 23.5 Å². The third kappa shape index (κ3) is 5.57. The van der Waals surface area contributed by atoms with Gasteiger partial charge in [0, 0.05) is 17.8 Å². The van der Waals surface area contributed by atoms with E-state index in [9.17, 15) is 27.6 Å². The minimum atomic E-state index is -4.72. The van der Waals surface area contributed by atoms with Crippen LogP contribution in [0.5, 0.6) is 0 Å². The molecule has 0 bridgehead atoms. The molecule has 0 radical (unpaired) electrons. The number of alkyl halides is 3. The first kappa shape index (κ1) is 20.9. The molecule has 0 aliphatic rings. The maximum atomic E-state index is 12.9. The number of amides is 2. The van der Waals surface area contributed by atoms with Gasteiger partial charge >= 0.3 is 12.1 Å². The average molecular weight is 394 g/mol. The van der Waals surface area contributed by atoms with E-state index in [1.54, 1.807) is 19.1 Å². The number of carbonyl (C=O) groups is 3. The second kappa shape index (κ2) is 9.03. The van der Waals surface area contributed by atoms with Crippen LogP contribution in [0, 0.1) is 0 Å². The lowest BCUT2D eigenvalue weighted by Gasteiger charge is -2.12. The third-order valence-corrected chi connectivity index (χ3v) is 3.53. The zero-order valence-electron chi connectivity index (χ0n) is 14.8. The second-order valence-corrected chi connectivity index (χ2v) is 5.61. The summed E-state index contributed by atoms with van der Waals surface area (Å²) in [4.78, 5) is 35.6. The van der Waals surface area contributed by atoms with E-state index >= 15 is 0 Å². The quantitative estimate of drug-likeness (QED) is 0.737. The fourth-order valence-corrected chi connectivity index (χ4v) is 2.32. The monoisotopic (exact) mass is 394 g/mol. The highest BCUT2D eigenvalue weighted by Gasteiger charge is 2.35. The molecule has 0 aliphatic heterocycles. The molecule has 0 saturated carbocycles. The van der Waals surface area contributed by atoms with Crippen molar-refractivity contribution in [2.24, 2.45) is 0 Å². The Morgan fingerprint density at radius 3 is 2.43 bits per heavy atom. The first-order chi connectivity index (χ1) is 13.2. The minimum absolute atomic E-state index is 0.278. The molecule has 2 aromatic carbocycles. The van der Waals surface area contributed by atoms with Gasteiger partial charge in [-0.2, -0.15) is 13.2 Å². The van der Waals surface area contributed by atoms with Crippen LogP contribution in [0.4, 0.5) is 18.9 Å². The number of halogens is 3. The summed E-state index contributed by atoms with van der Waals surface area (Å²) in [5.41, 5.74) is -1.23. The van der Waals surface area contributed by atoms with E-state index in [0.717, 1.165) is 18.2 Å². The highest BCUT2D eigenvalue weighted by molar-refractivity contribution is 5.98. The number of esters is 1. The lowest BCUT2D eigenvalue weighted by atomic mass is 10.1. The van der Waals surface area contributed by atoms with Crippen LogP contribution < -0.4 is 10.6 Å². The summed E-state index contributed by atoms with van der Waals surface area (Å²) in [6.45, 7) is 1.41. The molecular formula is C19H17F3N2O4. The fourth-order valence-electron chi connectivity index (χ4n) is 2.32. The summed E-state index contributed by atoms with van der Waals surface area (Å²) in [6, 6.07) is 10.2. The van der Waals surface area contributed by atoms with E-state index in [-0.39, 0.29) is 11.6 Å². The first-order valence-electron chi connectivity index (χ1n) is 8.24. The van der Waals surface area contributed by atoms with Gasteiger partial charge in [-0.25, -0.2) is 4.79 Å². The normalized spacial score (nSPS) is 10.9. The van der Waals surface area contributed by atoms with Gasteiger partial charge in [0.2, 0.25) is 0 Å². The van der Waals surface area contributed by atoms with Gasteiger partial charge < -0.3 is 15.4 Å². The molecule has 28 heavy (non-hydrogen) atoms. The molecule has 0 aliphatic carbocycles. The van der Waals surface area contributed by atoms with Crippen LogP contribution in [0.2, 0.25) is 0 Å². The predicted molar refractivity (Wildman–Crippen MR) is 94.8 cm³/mol. The van der Waals surface area contributed by atoms with Crippen molar-refractivity contribution in [2.45, 2.75) is 13.1 Å². The van der Waals surface area contributed by atoms with Gasteiger partial charge in [-0.3, -0.25) is 9.59 Å². The van der Waals surface area contributed by atoms with Gasteiger partial charge in [0.05, 0.1) is 11.1 Å². The van der Waals surface area contributed by atoms with Crippen LogP contribution in [-0.2, 0) is 15.7 Å². The van der Waals surface area contributed by atoms with Crippen molar-refractivity contribution in [1.29, 1.82) is 0 Å². The summed E-state index contributed by atoms with van der Waals surface area (Å²) in [5.74, 6) is -2.35. The van der Waals surface area contributed by atoms with Crippen LogP contribution in [0.25, 0.3) is 0 Å². The van der Waals surface area contributed by atoms with Gasteiger partial charge in [0.15, 0.2) is 6.61 Å². The number of nitrogens with one attached hydrogen (secondary N) is 2. The summed E-state index contributed by atoms with van der Waals surface area (Å²) in [7, 11) is 0. The molecule has 0 saturated heterocycles. The lowest BCUT2D eigenvalue weighted by Crippen LogP contribution is -2.24. The van der Waals surface area contributed by atoms with E-state index < -0.39 is 35.8 Å². The van der Waals surface area contributed by atoms with Gasteiger partial charge in [0.25, 0.3) is 11.8 Å². The first-order valence-corrected chi connectivity index (χ1v) is 8.24. The highest BCUT2D eigenvalue weighted by Crippen LogP contribution is 2.32. The number of hydrogen-bond donors (Lipinski definition) is 2. The van der Waals surface area contributed by atoms with Crippen LogP contribution in [0.1, 0.15) is 33.2 Å². The molecule has 2 amide bonds. The minimum Gasteiger partial charge on any atom is -0.452 e. The van der Waals surface area contributed by atoms with E-state index in [1.807, 2.05) is 0 Å². The molecule has 148 valence electrons. The Balaban J connectivity index is 1.99. The number of carbonyl (C=O) groups excluding carboxylic acids is 3. The van der Waals surface area contributed by atoms with Crippen molar-refractivity contribution in [2.75, 3.05) is 18.5 Å². The maximum Gasteiger partial charge on any atom is 0.417 e. The molecule has 9 heteroatoms. The Hall–Kier alpha value is -3.36. The Morgan fingerprint density at radius 1 is 1.04 bits per heavy atom. The predicted octanol–water partition coefficient (Wildman–Crippen LogP) is 3.25. The number of rotatable bonds is 6. The average Bonchev–Trinajstić information content (AvgIpc) is 2.66. The smallest absolute Gasteiger partial charge is 0.417 e. The van der Waals surface area contributed by atoms with Crippen LogP contribution in [-0.4, -0.2) is 30.9 Å². The summed E-state index contributed by atoms with van der Waals surface area (Å²) >= 11 is 0. The van der Waals surface area contributed by atoms with E-state index in [1.165, 1.54) is 18.2 Å². The van der Waals surface area contributed by atoms with E-state index in [0.29, 0.717) is 12.1 Å². The second-order valence-electron chi connectivity index (χ2n) is 5.61. The summed E-state index contributed by atoms with van der Waals surface area (Å²) < 4.78 is 43.5. The van der Waals surface area contributed by atoms with Crippen LogP contribution >= 0.6 is 0 Å². The number of hydrogen-bond acceptors (Lipinski definition) is 4. The highest BCUT2D eigenvalue weighted by atomic mass is 19.4. The molecule has 0 fully saturated rings. The standard InChI is InChI=1S/C19H17F3N2O4/c1-2-23-17(26)12-6-5-7-13(10-12)24-16(25)11-28-18(27)14-8-3-4-9-15(14)19(20,21)22/h3-10H,2,11H2,1H3,(H,23,26)(H,24,25). The zero-order valence-corrected chi connectivity index (χ0v) is 14.8. The Labute approximate surface area is 158 Å². The largest absolute Gasteiger partial charge is 0.452 e. The van der Waals surface area contributed by atoms with Gasteiger partial charge in [0.1, 0.15) is 0 Å². The van der Waals surface area contributed by atoms with Gasteiger partial charge in [-0.05, 0) is 37.3 Å². The zero-order chi connectivity index (χ0) is 20.7. The summed E-state index contributed by atoms with van der Waals surface area (Å²) in [6.07, 6.45) is -4.72. The van der Waals surface area contributed by atoms with Gasteiger partial charge in [-0.1, -0.05) is 18.2 Å². The van der Waals surface area contributed by atoms with E-state index in [4.69, 9.17) is 0 Å². The molecule has 0 unspecified atom stereocenters. The molecular weight excluding hydrogens is 377 g/mol. The van der Waals surface area contributed by atoms with Crippen molar-refractivity contribution in [1.82, 2.24) is 5.32 Å². The number of ether oxygens (including phenoxy) is 1. The maximum absolute atomic E-state index is 12.9. The van der Waals surface area contributed by atoms with Crippen molar-refractivity contribution in [3.05, 3.63) is 65.2 Å². The molecule has 2 rings (SSSR count). The van der Waals surface area contributed by atoms with Crippen molar-refractivity contribution < 1.29 is 32.3 Å². The molecule has 2 N–H and O–H groups in total.